The fourth-order valence-electron chi connectivity index (χ4n) is 0.888. The summed E-state index contributed by atoms with van der Waals surface area (Å²) in [4.78, 5) is 0. The number of phenolic OH excluding ortho intramolecular Hbond substituents is 1. The van der Waals surface area contributed by atoms with Crippen LogP contribution in [0.2, 0.25) is 5.02 Å². The lowest BCUT2D eigenvalue weighted by molar-refractivity contribution is 0.241. The van der Waals surface area contributed by atoms with Gasteiger partial charge < -0.3 is 9.84 Å². The summed E-state index contributed by atoms with van der Waals surface area (Å²) in [6.07, 6.45) is 0.0860. The fourth-order valence-corrected chi connectivity index (χ4v) is 1.11. The molecule has 0 bridgehead atoms. The Morgan fingerprint density at radius 1 is 1.33 bits per heavy atom. The highest BCUT2D eigenvalue weighted by molar-refractivity contribution is 6.30. The Balaban J connectivity index is 2.85. The number of benzene rings is 1. The van der Waals surface area contributed by atoms with E-state index in [1.807, 2.05) is 13.8 Å². The fraction of sp³-hybridized carbons (Fsp3) is 0.333. The van der Waals surface area contributed by atoms with Crippen LogP contribution >= 0.6 is 11.6 Å². The van der Waals surface area contributed by atoms with Gasteiger partial charge in [-0.2, -0.15) is 0 Å². The van der Waals surface area contributed by atoms with Gasteiger partial charge in [0.05, 0.1) is 6.10 Å². The number of hydrogen-bond acceptors (Lipinski definition) is 2. The SMILES string of the molecule is CC(C)Oc1cc(O)cc(Cl)c1. The van der Waals surface area contributed by atoms with Gasteiger partial charge >= 0.3 is 0 Å². The smallest absolute Gasteiger partial charge is 0.124 e. The second-order valence-corrected chi connectivity index (χ2v) is 3.25. The van der Waals surface area contributed by atoms with Crippen molar-refractivity contribution in [1.29, 1.82) is 0 Å². The van der Waals surface area contributed by atoms with Crippen molar-refractivity contribution in [3.63, 3.8) is 0 Å². The number of hydrogen-bond donors (Lipinski definition) is 1. The number of aromatic hydroxyl groups is 1. The Bertz CT molecular complexity index is 251. The van der Waals surface area contributed by atoms with Crippen molar-refractivity contribution in [2.45, 2.75) is 20.0 Å². The first kappa shape index (κ1) is 9.20. The zero-order valence-corrected chi connectivity index (χ0v) is 7.80. The van der Waals surface area contributed by atoms with Gasteiger partial charge in [-0.1, -0.05) is 11.6 Å². The van der Waals surface area contributed by atoms with E-state index in [2.05, 4.69) is 0 Å². The summed E-state index contributed by atoms with van der Waals surface area (Å²) in [6, 6.07) is 4.67. The van der Waals surface area contributed by atoms with Gasteiger partial charge in [-0.3, -0.25) is 0 Å². The molecule has 0 amide bonds. The lowest BCUT2D eigenvalue weighted by Gasteiger charge is -2.09. The number of phenols is 1. The monoisotopic (exact) mass is 186 g/mol. The van der Waals surface area contributed by atoms with Crippen LogP contribution in [0.4, 0.5) is 0 Å². The maximum Gasteiger partial charge on any atom is 0.124 e. The van der Waals surface area contributed by atoms with Crippen LogP contribution in [0.5, 0.6) is 11.5 Å². The van der Waals surface area contributed by atoms with Crippen molar-refractivity contribution < 1.29 is 9.84 Å². The number of rotatable bonds is 2. The summed E-state index contributed by atoms with van der Waals surface area (Å²) >= 11 is 5.69. The second-order valence-electron chi connectivity index (χ2n) is 2.81. The molecule has 0 heterocycles. The van der Waals surface area contributed by atoms with Crippen LogP contribution in [-0.4, -0.2) is 11.2 Å². The van der Waals surface area contributed by atoms with Crippen molar-refractivity contribution in [1.82, 2.24) is 0 Å². The minimum atomic E-state index is 0.0860. The van der Waals surface area contributed by atoms with E-state index in [-0.39, 0.29) is 11.9 Å². The Morgan fingerprint density at radius 2 is 2.00 bits per heavy atom. The summed E-state index contributed by atoms with van der Waals surface area (Å²) in [5, 5.41) is 9.62. The molecule has 1 rings (SSSR count). The molecule has 66 valence electrons. The molecule has 0 atom stereocenters. The van der Waals surface area contributed by atoms with Gasteiger partial charge in [0.25, 0.3) is 0 Å². The Labute approximate surface area is 76.7 Å². The maximum absolute atomic E-state index is 9.14. The van der Waals surface area contributed by atoms with Gasteiger partial charge in [0, 0.05) is 11.1 Å². The van der Waals surface area contributed by atoms with E-state index in [1.165, 1.54) is 12.1 Å². The quantitative estimate of drug-likeness (QED) is 0.770. The maximum atomic E-state index is 9.14. The molecule has 12 heavy (non-hydrogen) atoms. The van der Waals surface area contributed by atoms with E-state index in [0.717, 1.165) is 0 Å². The summed E-state index contributed by atoms with van der Waals surface area (Å²) in [7, 11) is 0. The van der Waals surface area contributed by atoms with Crippen molar-refractivity contribution in [2.24, 2.45) is 0 Å². The summed E-state index contributed by atoms with van der Waals surface area (Å²) in [5.41, 5.74) is 0. The molecule has 2 nitrogen and oxygen atoms in total. The molecule has 0 aliphatic heterocycles. The average molecular weight is 187 g/mol. The summed E-state index contributed by atoms with van der Waals surface area (Å²) < 4.78 is 5.33. The first-order valence-electron chi connectivity index (χ1n) is 3.74. The highest BCUT2D eigenvalue weighted by atomic mass is 35.5. The van der Waals surface area contributed by atoms with E-state index in [9.17, 15) is 0 Å². The van der Waals surface area contributed by atoms with Crippen LogP contribution < -0.4 is 4.74 Å². The lowest BCUT2D eigenvalue weighted by Crippen LogP contribution is -2.05. The average Bonchev–Trinajstić information content (AvgIpc) is 1.81. The molecule has 0 aliphatic carbocycles. The van der Waals surface area contributed by atoms with Crippen LogP contribution in [0.1, 0.15) is 13.8 Å². The van der Waals surface area contributed by atoms with Crippen LogP contribution in [-0.2, 0) is 0 Å². The van der Waals surface area contributed by atoms with Gasteiger partial charge in [-0.25, -0.2) is 0 Å². The topological polar surface area (TPSA) is 29.5 Å². The molecule has 0 aliphatic rings. The molecule has 0 saturated carbocycles. The molecule has 0 spiro atoms. The van der Waals surface area contributed by atoms with Gasteiger partial charge in [0.2, 0.25) is 0 Å². The second kappa shape index (κ2) is 3.68. The third-order valence-electron chi connectivity index (χ3n) is 1.23. The molecular weight excluding hydrogens is 176 g/mol. The van der Waals surface area contributed by atoms with Crippen molar-refractivity contribution in [2.75, 3.05) is 0 Å². The zero-order chi connectivity index (χ0) is 9.14. The first-order chi connectivity index (χ1) is 5.58. The molecule has 3 heteroatoms. The van der Waals surface area contributed by atoms with E-state index in [4.69, 9.17) is 21.4 Å². The van der Waals surface area contributed by atoms with Gasteiger partial charge in [0.1, 0.15) is 11.5 Å². The molecule has 0 aromatic heterocycles. The third-order valence-corrected chi connectivity index (χ3v) is 1.45. The molecule has 0 unspecified atom stereocenters. The van der Waals surface area contributed by atoms with E-state index < -0.39 is 0 Å². The van der Waals surface area contributed by atoms with Crippen molar-refractivity contribution >= 4 is 11.6 Å². The van der Waals surface area contributed by atoms with Crippen LogP contribution in [0, 0.1) is 0 Å². The van der Waals surface area contributed by atoms with Crippen molar-refractivity contribution in [3.8, 4) is 11.5 Å². The number of halogens is 1. The molecule has 1 N–H and O–H groups in total. The Kier molecular flexibility index (Phi) is 2.82. The predicted molar refractivity (Wildman–Crippen MR) is 48.9 cm³/mol. The summed E-state index contributed by atoms with van der Waals surface area (Å²) in [5.74, 6) is 0.716. The third kappa shape index (κ3) is 2.62. The predicted octanol–water partition coefficient (Wildman–Crippen LogP) is 2.83. The van der Waals surface area contributed by atoms with Crippen LogP contribution in [0.15, 0.2) is 18.2 Å². The van der Waals surface area contributed by atoms with E-state index >= 15 is 0 Å². The molecular formula is C9H11ClO2. The van der Waals surface area contributed by atoms with Crippen molar-refractivity contribution in [3.05, 3.63) is 23.2 Å². The molecule has 0 fully saturated rings. The van der Waals surface area contributed by atoms with Gasteiger partial charge in [0.15, 0.2) is 0 Å². The Hall–Kier alpha value is -0.890. The Morgan fingerprint density at radius 3 is 2.50 bits per heavy atom. The standard InChI is InChI=1S/C9H11ClO2/c1-6(2)12-9-4-7(10)3-8(11)5-9/h3-6,11H,1-2H3. The van der Waals surface area contributed by atoms with Gasteiger partial charge in [-0.05, 0) is 26.0 Å². The van der Waals surface area contributed by atoms with Crippen LogP contribution in [0.3, 0.4) is 0 Å². The number of ether oxygens (including phenoxy) is 1. The highest BCUT2D eigenvalue weighted by Crippen LogP contribution is 2.25. The molecule has 1 aromatic rings. The first-order valence-corrected chi connectivity index (χ1v) is 4.12. The molecule has 1 aromatic carbocycles. The normalized spacial score (nSPS) is 10.3. The minimum Gasteiger partial charge on any atom is -0.508 e. The molecule has 0 radical (unpaired) electrons. The zero-order valence-electron chi connectivity index (χ0n) is 7.04. The lowest BCUT2D eigenvalue weighted by atomic mass is 10.3. The van der Waals surface area contributed by atoms with E-state index in [0.29, 0.717) is 10.8 Å². The van der Waals surface area contributed by atoms with E-state index in [1.54, 1.807) is 6.07 Å². The minimum absolute atomic E-state index is 0.0860. The van der Waals surface area contributed by atoms with Crippen LogP contribution in [0.25, 0.3) is 0 Å². The largest absolute Gasteiger partial charge is 0.508 e. The molecule has 0 saturated heterocycles. The highest BCUT2D eigenvalue weighted by Gasteiger charge is 2.00. The summed E-state index contributed by atoms with van der Waals surface area (Å²) in [6.45, 7) is 3.83. The van der Waals surface area contributed by atoms with Gasteiger partial charge in [-0.15, -0.1) is 0 Å².